The van der Waals surface area contributed by atoms with Crippen molar-refractivity contribution in [1.29, 1.82) is 0 Å². The van der Waals surface area contributed by atoms with Crippen molar-refractivity contribution >= 4 is 11.8 Å². The van der Waals surface area contributed by atoms with Crippen LogP contribution in [0.2, 0.25) is 0 Å². The van der Waals surface area contributed by atoms with Gasteiger partial charge in [-0.05, 0) is 23.8 Å². The van der Waals surface area contributed by atoms with Crippen LogP contribution in [0.15, 0.2) is 0 Å². The third-order valence-corrected chi connectivity index (χ3v) is 3.83. The fourth-order valence-corrected chi connectivity index (χ4v) is 2.58. The highest BCUT2D eigenvalue weighted by atomic mass is 32.2. The summed E-state index contributed by atoms with van der Waals surface area (Å²) in [7, 11) is 0. The summed E-state index contributed by atoms with van der Waals surface area (Å²) in [6, 6.07) is 0.733. The van der Waals surface area contributed by atoms with Gasteiger partial charge in [0.05, 0.1) is 6.61 Å². The zero-order valence-corrected chi connectivity index (χ0v) is 11.4. The fourth-order valence-electron chi connectivity index (χ4n) is 1.33. The van der Waals surface area contributed by atoms with Gasteiger partial charge in [0.1, 0.15) is 0 Å². The first kappa shape index (κ1) is 15.3. The van der Waals surface area contributed by atoms with E-state index in [0.717, 1.165) is 18.1 Å². The first-order chi connectivity index (χ1) is 7.10. The molecule has 0 fully saturated rings. The Labute approximate surface area is 99.2 Å². The molecule has 0 aromatic rings. The van der Waals surface area contributed by atoms with Crippen molar-refractivity contribution in [1.82, 2.24) is 5.32 Å². The molecule has 0 aromatic heterocycles. The summed E-state index contributed by atoms with van der Waals surface area (Å²) < 4.78 is 0. The molecular formula is C12H27NOS. The van der Waals surface area contributed by atoms with E-state index in [1.54, 1.807) is 0 Å². The lowest BCUT2D eigenvalue weighted by atomic mass is 10.2. The van der Waals surface area contributed by atoms with Crippen LogP contribution in [-0.4, -0.2) is 35.3 Å². The monoisotopic (exact) mass is 233 g/mol. The molecule has 3 heteroatoms. The summed E-state index contributed by atoms with van der Waals surface area (Å²) in [5.41, 5.74) is 0. The van der Waals surface area contributed by atoms with Crippen LogP contribution < -0.4 is 5.32 Å². The lowest BCUT2D eigenvalue weighted by molar-refractivity contribution is 0.232. The van der Waals surface area contributed by atoms with Crippen LogP contribution >= 0.6 is 11.8 Å². The molecule has 0 saturated carbocycles. The van der Waals surface area contributed by atoms with Gasteiger partial charge in [0.2, 0.25) is 0 Å². The van der Waals surface area contributed by atoms with E-state index in [9.17, 15) is 0 Å². The normalized spacial score (nSPS) is 15.6. The Kier molecular flexibility index (Phi) is 9.66. The van der Waals surface area contributed by atoms with Crippen molar-refractivity contribution in [3.63, 3.8) is 0 Å². The van der Waals surface area contributed by atoms with Gasteiger partial charge in [-0.3, -0.25) is 0 Å². The van der Waals surface area contributed by atoms with Gasteiger partial charge < -0.3 is 10.4 Å². The molecule has 0 saturated heterocycles. The molecule has 92 valence electrons. The summed E-state index contributed by atoms with van der Waals surface area (Å²) in [5.74, 6) is 3.21. The lowest BCUT2D eigenvalue weighted by Crippen LogP contribution is -2.37. The van der Waals surface area contributed by atoms with Crippen LogP contribution in [0.5, 0.6) is 0 Å². The van der Waals surface area contributed by atoms with E-state index >= 15 is 0 Å². The Morgan fingerprint density at radius 2 is 1.93 bits per heavy atom. The van der Waals surface area contributed by atoms with Gasteiger partial charge in [-0.15, -0.1) is 0 Å². The highest BCUT2D eigenvalue weighted by molar-refractivity contribution is 7.99. The quantitative estimate of drug-likeness (QED) is 0.600. The highest BCUT2D eigenvalue weighted by Crippen LogP contribution is 2.13. The Morgan fingerprint density at radius 1 is 1.27 bits per heavy atom. The molecule has 2 unspecified atom stereocenters. The minimum Gasteiger partial charge on any atom is -0.395 e. The first-order valence-corrected chi connectivity index (χ1v) is 7.20. The molecule has 0 rings (SSSR count). The number of rotatable bonds is 9. The molecule has 0 aromatic carbocycles. The second-order valence-electron chi connectivity index (χ2n) is 4.58. The zero-order valence-electron chi connectivity index (χ0n) is 10.6. The van der Waals surface area contributed by atoms with Crippen LogP contribution in [0.25, 0.3) is 0 Å². The molecule has 15 heavy (non-hydrogen) atoms. The minimum absolute atomic E-state index is 0.252. The average molecular weight is 233 g/mol. The Bertz CT molecular complexity index is 142. The topological polar surface area (TPSA) is 32.3 Å². The van der Waals surface area contributed by atoms with Gasteiger partial charge in [-0.2, -0.15) is 11.8 Å². The second-order valence-corrected chi connectivity index (χ2v) is 5.73. The van der Waals surface area contributed by atoms with Crippen LogP contribution in [0.3, 0.4) is 0 Å². The van der Waals surface area contributed by atoms with E-state index in [4.69, 9.17) is 5.11 Å². The number of hydrogen-bond donors (Lipinski definition) is 2. The van der Waals surface area contributed by atoms with E-state index < -0.39 is 0 Å². The fraction of sp³-hybridized carbons (Fsp3) is 1.00. The third-order valence-electron chi connectivity index (χ3n) is 2.50. The number of aliphatic hydroxyl groups excluding tert-OH is 1. The summed E-state index contributed by atoms with van der Waals surface area (Å²) in [6.07, 6.45) is 2.33. The van der Waals surface area contributed by atoms with E-state index in [2.05, 4.69) is 33.0 Å². The average Bonchev–Trinajstić information content (AvgIpc) is 2.21. The van der Waals surface area contributed by atoms with Crippen molar-refractivity contribution < 1.29 is 5.11 Å². The first-order valence-electron chi connectivity index (χ1n) is 6.04. The second kappa shape index (κ2) is 9.49. The number of aliphatic hydroxyl groups is 1. The van der Waals surface area contributed by atoms with Crippen LogP contribution in [0, 0.1) is 5.92 Å². The molecule has 2 nitrogen and oxygen atoms in total. The SMILES string of the molecule is CCC(C)CSCCC(CO)NC(C)C. The predicted octanol–water partition coefficient (Wildman–Crippen LogP) is 2.51. The van der Waals surface area contributed by atoms with Crippen LogP contribution in [-0.2, 0) is 0 Å². The van der Waals surface area contributed by atoms with Crippen molar-refractivity contribution in [2.45, 2.75) is 52.6 Å². The maximum absolute atomic E-state index is 9.16. The number of thioether (sulfide) groups is 1. The van der Waals surface area contributed by atoms with Crippen molar-refractivity contribution in [2.75, 3.05) is 18.1 Å². The molecule has 0 heterocycles. The zero-order chi connectivity index (χ0) is 11.7. The van der Waals surface area contributed by atoms with E-state index in [1.165, 1.54) is 12.2 Å². The number of hydrogen-bond acceptors (Lipinski definition) is 3. The Balaban J connectivity index is 3.46. The Hall–Kier alpha value is 0.270. The predicted molar refractivity (Wildman–Crippen MR) is 70.5 cm³/mol. The van der Waals surface area contributed by atoms with Crippen LogP contribution in [0.1, 0.15) is 40.5 Å². The van der Waals surface area contributed by atoms with Crippen LogP contribution in [0.4, 0.5) is 0 Å². The van der Waals surface area contributed by atoms with Crippen molar-refractivity contribution in [3.05, 3.63) is 0 Å². The van der Waals surface area contributed by atoms with E-state index in [0.29, 0.717) is 6.04 Å². The molecule has 0 radical (unpaired) electrons. The number of nitrogens with one attached hydrogen (secondary N) is 1. The summed E-state index contributed by atoms with van der Waals surface area (Å²) in [5, 5.41) is 12.5. The Morgan fingerprint density at radius 3 is 2.40 bits per heavy atom. The maximum Gasteiger partial charge on any atom is 0.0585 e. The van der Waals surface area contributed by atoms with Gasteiger partial charge in [0.25, 0.3) is 0 Å². The largest absolute Gasteiger partial charge is 0.395 e. The molecule has 0 spiro atoms. The molecule has 0 aliphatic heterocycles. The molecule has 2 N–H and O–H groups in total. The van der Waals surface area contributed by atoms with Gasteiger partial charge in [-0.25, -0.2) is 0 Å². The minimum atomic E-state index is 0.252. The van der Waals surface area contributed by atoms with Crippen molar-refractivity contribution in [2.24, 2.45) is 5.92 Å². The maximum atomic E-state index is 9.16. The standard InChI is InChI=1S/C12H27NOS/c1-5-11(4)9-15-7-6-12(8-14)13-10(2)3/h10-14H,5-9H2,1-4H3. The smallest absolute Gasteiger partial charge is 0.0585 e. The summed E-state index contributed by atoms with van der Waals surface area (Å²) >= 11 is 2.01. The molecule has 0 bridgehead atoms. The van der Waals surface area contributed by atoms with Gasteiger partial charge >= 0.3 is 0 Å². The van der Waals surface area contributed by atoms with Crippen molar-refractivity contribution in [3.8, 4) is 0 Å². The molecule has 0 aliphatic rings. The van der Waals surface area contributed by atoms with Gasteiger partial charge in [-0.1, -0.05) is 34.1 Å². The summed E-state index contributed by atoms with van der Waals surface area (Å²) in [6.45, 7) is 9.02. The summed E-state index contributed by atoms with van der Waals surface area (Å²) in [4.78, 5) is 0. The molecular weight excluding hydrogens is 206 g/mol. The highest BCUT2D eigenvalue weighted by Gasteiger charge is 2.08. The third kappa shape index (κ3) is 9.21. The molecule has 2 atom stereocenters. The molecule has 0 amide bonds. The van der Waals surface area contributed by atoms with Gasteiger partial charge in [0, 0.05) is 12.1 Å². The lowest BCUT2D eigenvalue weighted by Gasteiger charge is -2.19. The molecule has 0 aliphatic carbocycles. The van der Waals surface area contributed by atoms with Gasteiger partial charge in [0.15, 0.2) is 0 Å². The van der Waals surface area contributed by atoms with E-state index in [-0.39, 0.29) is 12.6 Å². The van der Waals surface area contributed by atoms with E-state index in [1.807, 2.05) is 11.8 Å².